The summed E-state index contributed by atoms with van der Waals surface area (Å²) in [5, 5.41) is 5.90. The number of amides is 2. The molecule has 35 heavy (non-hydrogen) atoms. The van der Waals surface area contributed by atoms with Gasteiger partial charge in [-0.25, -0.2) is 8.42 Å². The molecule has 0 bridgehead atoms. The van der Waals surface area contributed by atoms with Crippen LogP contribution in [0.2, 0.25) is 0 Å². The zero-order valence-corrected chi connectivity index (χ0v) is 20.4. The number of para-hydroxylation sites is 1. The van der Waals surface area contributed by atoms with Crippen LogP contribution >= 0.6 is 0 Å². The van der Waals surface area contributed by atoms with Crippen molar-refractivity contribution in [2.45, 2.75) is 43.0 Å². The standard InChI is InChI=1S/C27H29N3O4S/c1-30(35(33,34)23-12-6-3-7-13-23)22-18-16-20(17-19-22)26(31)29-25-15-9-8-14-24(25)27(32)28-21-10-4-2-5-11-21/h3,6-9,12-19,21H,2,4-5,10-11H2,1H3,(H,28,32)(H,29,31). The Balaban J connectivity index is 1.46. The van der Waals surface area contributed by atoms with Crippen LogP contribution in [0.3, 0.4) is 0 Å². The molecule has 182 valence electrons. The fourth-order valence-electron chi connectivity index (χ4n) is 4.21. The van der Waals surface area contributed by atoms with Gasteiger partial charge in [-0.3, -0.25) is 13.9 Å². The lowest BCUT2D eigenvalue weighted by molar-refractivity contribution is 0.0928. The number of nitrogens with zero attached hydrogens (tertiary/aromatic N) is 1. The first-order valence-electron chi connectivity index (χ1n) is 11.7. The number of benzene rings is 3. The van der Waals surface area contributed by atoms with Crippen molar-refractivity contribution >= 4 is 33.2 Å². The Morgan fingerprint density at radius 3 is 2.11 bits per heavy atom. The number of nitrogens with one attached hydrogen (secondary N) is 2. The lowest BCUT2D eigenvalue weighted by Crippen LogP contribution is -2.36. The summed E-state index contributed by atoms with van der Waals surface area (Å²) in [5.74, 6) is -0.584. The Hall–Kier alpha value is -3.65. The van der Waals surface area contributed by atoms with E-state index < -0.39 is 10.0 Å². The molecule has 0 saturated heterocycles. The lowest BCUT2D eigenvalue weighted by Gasteiger charge is -2.23. The number of sulfonamides is 1. The molecule has 8 heteroatoms. The van der Waals surface area contributed by atoms with Gasteiger partial charge in [0.15, 0.2) is 0 Å². The van der Waals surface area contributed by atoms with Crippen molar-refractivity contribution in [1.29, 1.82) is 0 Å². The topological polar surface area (TPSA) is 95.6 Å². The minimum Gasteiger partial charge on any atom is -0.349 e. The molecule has 2 N–H and O–H groups in total. The van der Waals surface area contributed by atoms with Crippen LogP contribution in [-0.2, 0) is 10.0 Å². The van der Waals surface area contributed by atoms with Gasteiger partial charge in [0.1, 0.15) is 0 Å². The summed E-state index contributed by atoms with van der Waals surface area (Å²) in [6.45, 7) is 0. The predicted molar refractivity (Wildman–Crippen MR) is 137 cm³/mol. The normalized spacial score (nSPS) is 14.2. The van der Waals surface area contributed by atoms with E-state index in [4.69, 9.17) is 0 Å². The van der Waals surface area contributed by atoms with E-state index in [0.717, 1.165) is 25.7 Å². The first kappa shape index (κ1) is 24.5. The summed E-state index contributed by atoms with van der Waals surface area (Å²) in [6.07, 6.45) is 5.37. The quantitative estimate of drug-likeness (QED) is 0.495. The number of hydrogen-bond donors (Lipinski definition) is 2. The Bertz CT molecular complexity index is 1290. The van der Waals surface area contributed by atoms with E-state index >= 15 is 0 Å². The Morgan fingerprint density at radius 1 is 0.800 bits per heavy atom. The van der Waals surface area contributed by atoms with Gasteiger partial charge >= 0.3 is 0 Å². The van der Waals surface area contributed by atoms with Crippen molar-refractivity contribution in [3.8, 4) is 0 Å². The van der Waals surface area contributed by atoms with E-state index in [1.807, 2.05) is 0 Å². The molecule has 3 aromatic carbocycles. The molecule has 1 saturated carbocycles. The van der Waals surface area contributed by atoms with Gasteiger partial charge in [0.05, 0.1) is 21.8 Å². The molecular weight excluding hydrogens is 462 g/mol. The van der Waals surface area contributed by atoms with Gasteiger partial charge in [-0.05, 0) is 61.4 Å². The van der Waals surface area contributed by atoms with E-state index in [1.165, 1.54) is 29.9 Å². The molecule has 0 spiro atoms. The maximum atomic E-state index is 12.9. The summed E-state index contributed by atoms with van der Waals surface area (Å²) < 4.78 is 26.9. The van der Waals surface area contributed by atoms with Crippen molar-refractivity contribution in [2.75, 3.05) is 16.7 Å². The van der Waals surface area contributed by atoms with E-state index in [0.29, 0.717) is 22.5 Å². The second kappa shape index (κ2) is 10.7. The van der Waals surface area contributed by atoms with Gasteiger partial charge < -0.3 is 10.6 Å². The van der Waals surface area contributed by atoms with Crippen LogP contribution in [0.1, 0.15) is 52.8 Å². The fourth-order valence-corrected chi connectivity index (χ4v) is 5.42. The zero-order chi connectivity index (χ0) is 24.8. The van der Waals surface area contributed by atoms with Crippen LogP contribution in [0, 0.1) is 0 Å². The van der Waals surface area contributed by atoms with Crippen molar-refractivity contribution in [3.63, 3.8) is 0 Å². The van der Waals surface area contributed by atoms with Crippen molar-refractivity contribution < 1.29 is 18.0 Å². The molecule has 0 unspecified atom stereocenters. The molecule has 1 aliphatic rings. The summed E-state index contributed by atoms with van der Waals surface area (Å²) in [5.41, 5.74) is 1.62. The number of rotatable bonds is 7. The summed E-state index contributed by atoms with van der Waals surface area (Å²) in [7, 11) is -2.24. The first-order valence-corrected chi connectivity index (χ1v) is 13.2. The highest BCUT2D eigenvalue weighted by molar-refractivity contribution is 7.92. The van der Waals surface area contributed by atoms with Crippen molar-refractivity contribution in [3.05, 3.63) is 90.0 Å². The van der Waals surface area contributed by atoms with Crippen LogP contribution in [0.25, 0.3) is 0 Å². The monoisotopic (exact) mass is 491 g/mol. The molecule has 0 radical (unpaired) electrons. The maximum Gasteiger partial charge on any atom is 0.264 e. The summed E-state index contributed by atoms with van der Waals surface area (Å²) >= 11 is 0. The Labute approximate surface area is 206 Å². The molecule has 0 aromatic heterocycles. The van der Waals surface area contributed by atoms with Crippen molar-refractivity contribution in [2.24, 2.45) is 0 Å². The largest absolute Gasteiger partial charge is 0.349 e. The highest BCUT2D eigenvalue weighted by Crippen LogP contribution is 2.24. The molecule has 7 nitrogen and oxygen atoms in total. The molecule has 0 aliphatic heterocycles. The second-order valence-electron chi connectivity index (χ2n) is 8.64. The Morgan fingerprint density at radius 2 is 1.43 bits per heavy atom. The van der Waals surface area contributed by atoms with Gasteiger partial charge in [0.25, 0.3) is 21.8 Å². The minimum atomic E-state index is -3.71. The molecule has 2 amide bonds. The second-order valence-corrected chi connectivity index (χ2v) is 10.6. The number of carbonyl (C=O) groups excluding carboxylic acids is 2. The van der Waals surface area contributed by atoms with Crippen LogP contribution in [0.4, 0.5) is 11.4 Å². The summed E-state index contributed by atoms with van der Waals surface area (Å²) in [4.78, 5) is 25.9. The number of hydrogen-bond acceptors (Lipinski definition) is 4. The third-order valence-corrected chi connectivity index (χ3v) is 8.05. The van der Waals surface area contributed by atoms with E-state index in [9.17, 15) is 18.0 Å². The van der Waals surface area contributed by atoms with Gasteiger partial charge in [-0.15, -0.1) is 0 Å². The molecule has 1 aliphatic carbocycles. The van der Waals surface area contributed by atoms with E-state index in [-0.39, 0.29) is 22.8 Å². The van der Waals surface area contributed by atoms with Crippen LogP contribution in [0.15, 0.2) is 83.8 Å². The highest BCUT2D eigenvalue weighted by atomic mass is 32.2. The van der Waals surface area contributed by atoms with Crippen LogP contribution in [0.5, 0.6) is 0 Å². The van der Waals surface area contributed by atoms with Gasteiger partial charge in [-0.2, -0.15) is 0 Å². The predicted octanol–water partition coefficient (Wildman–Crippen LogP) is 4.83. The van der Waals surface area contributed by atoms with Crippen LogP contribution in [-0.4, -0.2) is 33.3 Å². The fraction of sp³-hybridized carbons (Fsp3) is 0.259. The third kappa shape index (κ3) is 5.71. The first-order chi connectivity index (χ1) is 16.9. The zero-order valence-electron chi connectivity index (χ0n) is 19.6. The number of carbonyl (C=O) groups is 2. The Kier molecular flexibility index (Phi) is 7.51. The number of anilines is 2. The van der Waals surface area contributed by atoms with Gasteiger partial charge in [0.2, 0.25) is 0 Å². The summed E-state index contributed by atoms with van der Waals surface area (Å²) in [6, 6.07) is 21.5. The minimum absolute atomic E-state index is 0.164. The smallest absolute Gasteiger partial charge is 0.264 e. The molecule has 3 aromatic rings. The molecular formula is C27H29N3O4S. The average molecular weight is 492 g/mol. The molecule has 1 fully saturated rings. The highest BCUT2D eigenvalue weighted by Gasteiger charge is 2.22. The molecule has 0 heterocycles. The molecule has 0 atom stereocenters. The molecule has 4 rings (SSSR count). The lowest BCUT2D eigenvalue weighted by atomic mass is 9.95. The van der Waals surface area contributed by atoms with Crippen LogP contribution < -0.4 is 14.9 Å². The van der Waals surface area contributed by atoms with Gasteiger partial charge in [0, 0.05) is 18.7 Å². The third-order valence-electron chi connectivity index (χ3n) is 6.25. The van der Waals surface area contributed by atoms with E-state index in [2.05, 4.69) is 10.6 Å². The van der Waals surface area contributed by atoms with Crippen molar-refractivity contribution in [1.82, 2.24) is 5.32 Å². The van der Waals surface area contributed by atoms with Gasteiger partial charge in [-0.1, -0.05) is 49.6 Å². The van der Waals surface area contributed by atoms with E-state index in [1.54, 1.807) is 66.7 Å². The maximum absolute atomic E-state index is 12.9. The SMILES string of the molecule is CN(c1ccc(C(=O)Nc2ccccc2C(=O)NC2CCCCC2)cc1)S(=O)(=O)c1ccccc1. The average Bonchev–Trinajstić information content (AvgIpc) is 2.89.